The van der Waals surface area contributed by atoms with Gasteiger partial charge < -0.3 is 10.1 Å². The van der Waals surface area contributed by atoms with Gasteiger partial charge in [-0.05, 0) is 44.5 Å². The zero-order chi connectivity index (χ0) is 16.6. The molecule has 0 saturated heterocycles. The fraction of sp³-hybridized carbons (Fsp3) is 0.500. The molecule has 1 atom stereocenters. The number of carbonyl (C=O) groups is 1. The Labute approximate surface area is 130 Å². The highest BCUT2D eigenvalue weighted by Gasteiger charge is 2.21. The van der Waals surface area contributed by atoms with Crippen LogP contribution in [0, 0.1) is 5.82 Å². The molecule has 1 amide bonds. The maximum Gasteiger partial charge on any atom is 0.241 e. The van der Waals surface area contributed by atoms with Crippen LogP contribution in [0.4, 0.5) is 4.39 Å². The van der Waals surface area contributed by atoms with Gasteiger partial charge in [0.05, 0.1) is 10.9 Å². The minimum atomic E-state index is -3.86. The summed E-state index contributed by atoms with van der Waals surface area (Å²) in [4.78, 5) is 11.7. The summed E-state index contributed by atoms with van der Waals surface area (Å²) >= 11 is 0. The molecule has 124 valence electrons. The van der Waals surface area contributed by atoms with E-state index in [0.717, 1.165) is 24.3 Å². The zero-order valence-electron chi connectivity index (χ0n) is 12.6. The summed E-state index contributed by atoms with van der Waals surface area (Å²) in [7, 11) is -3.86. The molecule has 0 aliphatic heterocycles. The summed E-state index contributed by atoms with van der Waals surface area (Å²) in [5.41, 5.74) is 0. The highest BCUT2D eigenvalue weighted by Crippen LogP contribution is 2.10. The summed E-state index contributed by atoms with van der Waals surface area (Å²) in [6.07, 6.45) is 0.650. The Balaban J connectivity index is 2.50. The number of halogens is 1. The van der Waals surface area contributed by atoms with Crippen LogP contribution in [-0.4, -0.2) is 40.1 Å². The Bertz CT molecular complexity index is 575. The van der Waals surface area contributed by atoms with E-state index in [1.165, 1.54) is 6.92 Å². The van der Waals surface area contributed by atoms with Crippen molar-refractivity contribution in [2.75, 3.05) is 19.8 Å². The molecule has 0 bridgehead atoms. The standard InChI is InChI=1S/C14H21FN2O4S/c1-3-21-10-4-9-16-14(18)11(2)17-22(19,20)13-7-5-12(15)6-8-13/h5-8,11,17H,3-4,9-10H2,1-2H3,(H,16,18)/t11-/m0/s1. The number of rotatable bonds is 9. The largest absolute Gasteiger partial charge is 0.382 e. The normalized spacial score (nSPS) is 12.9. The first-order valence-electron chi connectivity index (χ1n) is 7.00. The fourth-order valence-electron chi connectivity index (χ4n) is 1.65. The molecular weight excluding hydrogens is 311 g/mol. The van der Waals surface area contributed by atoms with E-state index in [9.17, 15) is 17.6 Å². The molecule has 22 heavy (non-hydrogen) atoms. The molecule has 2 N–H and O–H groups in total. The Morgan fingerprint density at radius 3 is 2.55 bits per heavy atom. The van der Waals surface area contributed by atoms with Crippen molar-refractivity contribution in [2.24, 2.45) is 0 Å². The minimum Gasteiger partial charge on any atom is -0.382 e. The van der Waals surface area contributed by atoms with E-state index in [1.54, 1.807) is 0 Å². The Morgan fingerprint density at radius 1 is 1.32 bits per heavy atom. The SMILES string of the molecule is CCOCCCNC(=O)[C@H](C)NS(=O)(=O)c1ccc(F)cc1. The highest BCUT2D eigenvalue weighted by molar-refractivity contribution is 7.89. The topological polar surface area (TPSA) is 84.5 Å². The lowest BCUT2D eigenvalue weighted by molar-refractivity contribution is -0.122. The van der Waals surface area contributed by atoms with E-state index in [-0.39, 0.29) is 4.90 Å². The lowest BCUT2D eigenvalue weighted by Gasteiger charge is -2.14. The number of hydrogen-bond acceptors (Lipinski definition) is 4. The second-order valence-corrected chi connectivity index (χ2v) is 6.35. The average Bonchev–Trinajstić information content (AvgIpc) is 2.46. The molecule has 0 aliphatic rings. The molecule has 0 aromatic heterocycles. The van der Waals surface area contributed by atoms with Gasteiger partial charge in [0, 0.05) is 19.8 Å². The van der Waals surface area contributed by atoms with Crippen molar-refractivity contribution in [3.8, 4) is 0 Å². The van der Waals surface area contributed by atoms with Gasteiger partial charge in [0.25, 0.3) is 0 Å². The van der Waals surface area contributed by atoms with Crippen molar-refractivity contribution >= 4 is 15.9 Å². The van der Waals surface area contributed by atoms with Crippen LogP contribution in [0.1, 0.15) is 20.3 Å². The third-order valence-electron chi connectivity index (χ3n) is 2.82. The van der Waals surface area contributed by atoms with Gasteiger partial charge in [0.1, 0.15) is 5.82 Å². The fourth-order valence-corrected chi connectivity index (χ4v) is 2.85. The van der Waals surface area contributed by atoms with Gasteiger partial charge in [-0.3, -0.25) is 4.79 Å². The van der Waals surface area contributed by atoms with E-state index < -0.39 is 27.8 Å². The van der Waals surface area contributed by atoms with Crippen LogP contribution in [0.2, 0.25) is 0 Å². The summed E-state index contributed by atoms with van der Waals surface area (Å²) in [6.45, 7) is 4.87. The van der Waals surface area contributed by atoms with Crippen LogP contribution in [0.5, 0.6) is 0 Å². The van der Waals surface area contributed by atoms with Gasteiger partial charge in [-0.2, -0.15) is 4.72 Å². The third-order valence-corrected chi connectivity index (χ3v) is 4.37. The van der Waals surface area contributed by atoms with Gasteiger partial charge in [-0.15, -0.1) is 0 Å². The maximum absolute atomic E-state index is 12.8. The van der Waals surface area contributed by atoms with Gasteiger partial charge in [0.2, 0.25) is 15.9 Å². The van der Waals surface area contributed by atoms with Gasteiger partial charge in [-0.1, -0.05) is 0 Å². The predicted octanol–water partition coefficient (Wildman–Crippen LogP) is 1.04. The molecule has 0 saturated carbocycles. The quantitative estimate of drug-likeness (QED) is 0.662. The second kappa shape index (κ2) is 8.82. The van der Waals surface area contributed by atoms with E-state index in [0.29, 0.717) is 26.2 Å². The summed E-state index contributed by atoms with van der Waals surface area (Å²) in [5.74, 6) is -0.957. The molecule has 0 radical (unpaired) electrons. The van der Waals surface area contributed by atoms with Crippen molar-refractivity contribution in [3.63, 3.8) is 0 Å². The monoisotopic (exact) mass is 332 g/mol. The molecule has 8 heteroatoms. The predicted molar refractivity (Wildman–Crippen MR) is 80.3 cm³/mol. The van der Waals surface area contributed by atoms with Gasteiger partial charge in [0.15, 0.2) is 0 Å². The Kier molecular flexibility index (Phi) is 7.43. The smallest absolute Gasteiger partial charge is 0.241 e. The number of nitrogens with one attached hydrogen (secondary N) is 2. The Morgan fingerprint density at radius 2 is 1.95 bits per heavy atom. The molecule has 1 rings (SSSR count). The lowest BCUT2D eigenvalue weighted by Crippen LogP contribution is -2.45. The molecule has 0 spiro atoms. The van der Waals surface area contributed by atoms with Crippen LogP contribution in [0.15, 0.2) is 29.2 Å². The van der Waals surface area contributed by atoms with E-state index in [2.05, 4.69) is 10.0 Å². The lowest BCUT2D eigenvalue weighted by atomic mass is 10.3. The van der Waals surface area contributed by atoms with E-state index in [4.69, 9.17) is 4.74 Å². The number of benzene rings is 1. The molecular formula is C14H21FN2O4S. The molecule has 1 aromatic rings. The zero-order valence-corrected chi connectivity index (χ0v) is 13.5. The van der Waals surface area contributed by atoms with Crippen molar-refractivity contribution in [1.29, 1.82) is 0 Å². The number of carbonyl (C=O) groups excluding carboxylic acids is 1. The first-order chi connectivity index (χ1) is 10.4. The summed E-state index contributed by atoms with van der Waals surface area (Å²) in [5, 5.41) is 2.62. The van der Waals surface area contributed by atoms with Crippen LogP contribution in [0.25, 0.3) is 0 Å². The van der Waals surface area contributed by atoms with E-state index >= 15 is 0 Å². The molecule has 1 aromatic carbocycles. The maximum atomic E-state index is 12.8. The summed E-state index contributed by atoms with van der Waals surface area (Å²) in [6, 6.07) is 3.46. The number of sulfonamides is 1. The minimum absolute atomic E-state index is 0.0927. The first kappa shape index (κ1) is 18.5. The molecule has 0 heterocycles. The number of amides is 1. The second-order valence-electron chi connectivity index (χ2n) is 4.64. The van der Waals surface area contributed by atoms with Gasteiger partial charge in [-0.25, -0.2) is 12.8 Å². The summed E-state index contributed by atoms with van der Waals surface area (Å²) < 4.78 is 44.3. The van der Waals surface area contributed by atoms with Crippen LogP contribution in [0.3, 0.4) is 0 Å². The number of ether oxygens (including phenoxy) is 1. The van der Waals surface area contributed by atoms with E-state index in [1.807, 2.05) is 6.92 Å². The average molecular weight is 332 g/mol. The molecule has 0 unspecified atom stereocenters. The molecule has 0 fully saturated rings. The molecule has 6 nitrogen and oxygen atoms in total. The van der Waals surface area contributed by atoms with Gasteiger partial charge >= 0.3 is 0 Å². The Hall–Kier alpha value is -1.51. The molecule has 0 aliphatic carbocycles. The van der Waals surface area contributed by atoms with Crippen molar-refractivity contribution in [3.05, 3.63) is 30.1 Å². The third kappa shape index (κ3) is 6.08. The van der Waals surface area contributed by atoms with Crippen molar-refractivity contribution in [2.45, 2.75) is 31.2 Å². The first-order valence-corrected chi connectivity index (χ1v) is 8.48. The van der Waals surface area contributed by atoms with Crippen molar-refractivity contribution < 1.29 is 22.3 Å². The van der Waals surface area contributed by atoms with Crippen molar-refractivity contribution in [1.82, 2.24) is 10.0 Å². The van der Waals surface area contributed by atoms with Crippen LogP contribution in [-0.2, 0) is 19.6 Å². The van der Waals surface area contributed by atoms with Crippen LogP contribution >= 0.6 is 0 Å². The van der Waals surface area contributed by atoms with Crippen LogP contribution < -0.4 is 10.0 Å². The number of hydrogen-bond donors (Lipinski definition) is 2. The highest BCUT2D eigenvalue weighted by atomic mass is 32.2.